The first kappa shape index (κ1) is 11.3. The average molecular weight is 243 g/mol. The third-order valence-corrected chi connectivity index (χ3v) is 2.98. The fourth-order valence-corrected chi connectivity index (χ4v) is 2.02. The van der Waals surface area contributed by atoms with Gasteiger partial charge in [0.2, 0.25) is 0 Å². The van der Waals surface area contributed by atoms with E-state index in [0.29, 0.717) is 13.1 Å². The van der Waals surface area contributed by atoms with E-state index in [9.17, 15) is 9.18 Å². The number of piperidine rings is 1. The Kier molecular flexibility index (Phi) is 3.39. The van der Waals surface area contributed by atoms with Crippen LogP contribution in [0, 0.1) is 5.82 Å². The lowest BCUT2D eigenvalue weighted by atomic mass is 10.1. The number of likely N-dealkylation sites (tertiary alicyclic amines) is 1. The smallest absolute Gasteiger partial charge is 0.257 e. The number of carbonyl (C=O) groups is 1. The molecule has 0 N–H and O–H groups in total. The van der Waals surface area contributed by atoms with Crippen LogP contribution in [-0.2, 0) is 0 Å². The number of amides is 1. The van der Waals surface area contributed by atoms with Crippen LogP contribution in [0.25, 0.3) is 0 Å². The van der Waals surface area contributed by atoms with Gasteiger partial charge in [0, 0.05) is 13.1 Å². The van der Waals surface area contributed by atoms with Crippen molar-refractivity contribution in [3.63, 3.8) is 0 Å². The standard InChI is InChI=1S/C11H12ClFN2O/c12-10-9(6-8(13)7-14-10)11(16)15-4-2-1-3-5-15/h6-7H,1-5H2. The molecule has 1 saturated heterocycles. The monoisotopic (exact) mass is 242 g/mol. The highest BCUT2D eigenvalue weighted by Gasteiger charge is 2.21. The lowest BCUT2D eigenvalue weighted by Crippen LogP contribution is -2.35. The number of hydrogen-bond acceptors (Lipinski definition) is 2. The van der Waals surface area contributed by atoms with E-state index in [2.05, 4.69) is 4.98 Å². The van der Waals surface area contributed by atoms with E-state index in [4.69, 9.17) is 11.6 Å². The molecule has 1 aromatic rings. The van der Waals surface area contributed by atoms with Crippen LogP contribution in [-0.4, -0.2) is 28.9 Å². The van der Waals surface area contributed by atoms with Gasteiger partial charge >= 0.3 is 0 Å². The predicted molar refractivity (Wildman–Crippen MR) is 59.0 cm³/mol. The van der Waals surface area contributed by atoms with Gasteiger partial charge in [0.1, 0.15) is 11.0 Å². The second kappa shape index (κ2) is 4.78. The molecule has 0 saturated carbocycles. The molecule has 86 valence electrons. The van der Waals surface area contributed by atoms with Gasteiger partial charge in [-0.2, -0.15) is 0 Å². The van der Waals surface area contributed by atoms with E-state index in [0.717, 1.165) is 31.5 Å². The van der Waals surface area contributed by atoms with E-state index in [1.807, 2.05) is 0 Å². The van der Waals surface area contributed by atoms with E-state index in [1.165, 1.54) is 0 Å². The number of pyridine rings is 1. The van der Waals surface area contributed by atoms with Crippen molar-refractivity contribution in [3.05, 3.63) is 28.8 Å². The first-order valence-electron chi connectivity index (χ1n) is 5.29. The summed E-state index contributed by atoms with van der Waals surface area (Å²) in [4.78, 5) is 17.3. The highest BCUT2D eigenvalue weighted by Crippen LogP contribution is 2.18. The SMILES string of the molecule is O=C(c1cc(F)cnc1Cl)N1CCCCC1. The summed E-state index contributed by atoms with van der Waals surface area (Å²) in [5.74, 6) is -0.763. The van der Waals surface area contributed by atoms with E-state index in [-0.39, 0.29) is 16.6 Å². The molecule has 0 aromatic carbocycles. The Morgan fingerprint density at radius 1 is 1.38 bits per heavy atom. The van der Waals surface area contributed by atoms with Gasteiger partial charge < -0.3 is 4.90 Å². The maximum atomic E-state index is 13.0. The minimum Gasteiger partial charge on any atom is -0.339 e. The van der Waals surface area contributed by atoms with Crippen molar-refractivity contribution in [2.24, 2.45) is 0 Å². The van der Waals surface area contributed by atoms with Gasteiger partial charge in [0.15, 0.2) is 0 Å². The topological polar surface area (TPSA) is 33.2 Å². The van der Waals surface area contributed by atoms with Crippen LogP contribution < -0.4 is 0 Å². The van der Waals surface area contributed by atoms with E-state index < -0.39 is 5.82 Å². The van der Waals surface area contributed by atoms with Gasteiger partial charge in [-0.1, -0.05) is 11.6 Å². The molecule has 0 spiro atoms. The van der Waals surface area contributed by atoms with Crippen molar-refractivity contribution >= 4 is 17.5 Å². The molecular weight excluding hydrogens is 231 g/mol. The summed E-state index contributed by atoms with van der Waals surface area (Å²) in [6, 6.07) is 1.15. The molecule has 2 heterocycles. The van der Waals surface area contributed by atoms with E-state index in [1.54, 1.807) is 4.90 Å². The van der Waals surface area contributed by atoms with Crippen LogP contribution in [0.5, 0.6) is 0 Å². The highest BCUT2D eigenvalue weighted by atomic mass is 35.5. The summed E-state index contributed by atoms with van der Waals surface area (Å²) in [6.45, 7) is 1.43. The Bertz CT molecular complexity index is 405. The number of carbonyl (C=O) groups excluding carboxylic acids is 1. The molecule has 0 aliphatic carbocycles. The minimum absolute atomic E-state index is 0.0666. The zero-order chi connectivity index (χ0) is 11.5. The molecule has 1 aliphatic rings. The summed E-state index contributed by atoms with van der Waals surface area (Å²) >= 11 is 5.79. The van der Waals surface area contributed by atoms with Crippen molar-refractivity contribution in [2.45, 2.75) is 19.3 Å². The van der Waals surface area contributed by atoms with Crippen molar-refractivity contribution in [3.8, 4) is 0 Å². The van der Waals surface area contributed by atoms with Gasteiger partial charge in [-0.05, 0) is 25.3 Å². The molecule has 1 aliphatic heterocycles. The fourth-order valence-electron chi connectivity index (χ4n) is 1.84. The molecular formula is C11H12ClFN2O. The number of halogens is 2. The lowest BCUT2D eigenvalue weighted by Gasteiger charge is -2.26. The molecule has 0 bridgehead atoms. The van der Waals surface area contributed by atoms with Crippen LogP contribution >= 0.6 is 11.6 Å². The Balaban J connectivity index is 2.22. The van der Waals surface area contributed by atoms with Crippen LogP contribution in [0.1, 0.15) is 29.6 Å². The molecule has 2 rings (SSSR count). The van der Waals surface area contributed by atoms with Gasteiger partial charge in [0.05, 0.1) is 11.8 Å². The maximum absolute atomic E-state index is 13.0. The number of hydrogen-bond donors (Lipinski definition) is 0. The second-order valence-electron chi connectivity index (χ2n) is 3.84. The highest BCUT2D eigenvalue weighted by molar-refractivity contribution is 6.32. The predicted octanol–water partition coefficient (Wildman–Crippen LogP) is 2.50. The molecule has 1 amide bonds. The minimum atomic E-state index is -0.537. The third-order valence-electron chi connectivity index (χ3n) is 2.68. The molecule has 5 heteroatoms. The summed E-state index contributed by atoms with van der Waals surface area (Å²) in [5, 5.41) is 0.0666. The number of nitrogens with zero attached hydrogens (tertiary/aromatic N) is 2. The maximum Gasteiger partial charge on any atom is 0.257 e. The quantitative estimate of drug-likeness (QED) is 0.709. The molecule has 0 unspecified atom stereocenters. The first-order chi connectivity index (χ1) is 7.68. The van der Waals surface area contributed by atoms with E-state index >= 15 is 0 Å². The van der Waals surface area contributed by atoms with Crippen LogP contribution in [0.15, 0.2) is 12.3 Å². The van der Waals surface area contributed by atoms with Gasteiger partial charge in [-0.15, -0.1) is 0 Å². The van der Waals surface area contributed by atoms with Gasteiger partial charge in [-0.3, -0.25) is 4.79 Å². The number of rotatable bonds is 1. The van der Waals surface area contributed by atoms with Crippen molar-refractivity contribution in [2.75, 3.05) is 13.1 Å². The normalized spacial score (nSPS) is 16.2. The van der Waals surface area contributed by atoms with Gasteiger partial charge in [-0.25, -0.2) is 9.37 Å². The Morgan fingerprint density at radius 2 is 2.06 bits per heavy atom. The zero-order valence-corrected chi connectivity index (χ0v) is 9.50. The van der Waals surface area contributed by atoms with Crippen molar-refractivity contribution < 1.29 is 9.18 Å². The first-order valence-corrected chi connectivity index (χ1v) is 5.66. The fraction of sp³-hybridized carbons (Fsp3) is 0.455. The van der Waals surface area contributed by atoms with Crippen LogP contribution in [0.2, 0.25) is 5.15 Å². The molecule has 3 nitrogen and oxygen atoms in total. The summed E-state index contributed by atoms with van der Waals surface area (Å²) in [7, 11) is 0. The molecule has 1 aromatic heterocycles. The molecule has 16 heavy (non-hydrogen) atoms. The number of aromatic nitrogens is 1. The summed E-state index contributed by atoms with van der Waals surface area (Å²) < 4.78 is 13.0. The molecule has 0 atom stereocenters. The Hall–Kier alpha value is -1.16. The van der Waals surface area contributed by atoms with Crippen molar-refractivity contribution in [1.29, 1.82) is 0 Å². The molecule has 1 fully saturated rings. The van der Waals surface area contributed by atoms with Gasteiger partial charge in [0.25, 0.3) is 5.91 Å². The largest absolute Gasteiger partial charge is 0.339 e. The van der Waals surface area contributed by atoms with Crippen molar-refractivity contribution in [1.82, 2.24) is 9.88 Å². The molecule has 0 radical (unpaired) electrons. The summed E-state index contributed by atoms with van der Waals surface area (Å²) in [6.07, 6.45) is 4.13. The Labute approximate surface area is 98.2 Å². The van der Waals surface area contributed by atoms with Crippen LogP contribution in [0.3, 0.4) is 0 Å². The lowest BCUT2D eigenvalue weighted by molar-refractivity contribution is 0.0723. The third kappa shape index (κ3) is 2.32. The second-order valence-corrected chi connectivity index (χ2v) is 4.20. The summed E-state index contributed by atoms with van der Waals surface area (Å²) in [5.41, 5.74) is 0.156. The average Bonchev–Trinajstić information content (AvgIpc) is 2.32. The Morgan fingerprint density at radius 3 is 2.75 bits per heavy atom. The zero-order valence-electron chi connectivity index (χ0n) is 8.75. The van der Waals surface area contributed by atoms with Crippen LogP contribution in [0.4, 0.5) is 4.39 Å².